The number of nitrogens with zero attached hydrogens (tertiary/aromatic N) is 2. The molecule has 0 bridgehead atoms. The van der Waals surface area contributed by atoms with E-state index in [9.17, 15) is 4.79 Å². The predicted molar refractivity (Wildman–Crippen MR) is 87.8 cm³/mol. The molecule has 1 aromatic carbocycles. The molecule has 0 saturated carbocycles. The number of rotatable bonds is 6. The topological polar surface area (TPSA) is 45.2 Å². The fourth-order valence-electron chi connectivity index (χ4n) is 1.79. The Morgan fingerprint density at radius 2 is 2.14 bits per heavy atom. The molecule has 0 spiro atoms. The fraction of sp³-hybridized carbons (Fsp3) is 0.333. The molecule has 1 heterocycles. The summed E-state index contributed by atoms with van der Waals surface area (Å²) in [4.78, 5) is 18.3. The van der Waals surface area contributed by atoms with E-state index >= 15 is 0 Å². The van der Waals surface area contributed by atoms with Crippen molar-refractivity contribution in [1.29, 1.82) is 0 Å². The number of likely N-dealkylation sites (N-methyl/N-ethyl adjacent to an activating group) is 1. The second-order valence-electron chi connectivity index (χ2n) is 4.95. The Labute approximate surface area is 133 Å². The molecule has 0 fully saturated rings. The number of hydrogen-bond acceptors (Lipinski definition) is 4. The SMILES string of the molecule is CN(C)CCNC(=O)Cc1csc(-c2ccccc2Cl)n1. The third-order valence-electron chi connectivity index (χ3n) is 2.88. The molecule has 0 aliphatic rings. The van der Waals surface area contributed by atoms with Crippen LogP contribution in [0.2, 0.25) is 5.02 Å². The summed E-state index contributed by atoms with van der Waals surface area (Å²) in [5.74, 6) is -0.00661. The van der Waals surface area contributed by atoms with E-state index < -0.39 is 0 Å². The first-order valence-corrected chi connectivity index (χ1v) is 7.93. The molecule has 6 heteroatoms. The molecule has 0 unspecified atom stereocenters. The average Bonchev–Trinajstić information content (AvgIpc) is 2.87. The minimum absolute atomic E-state index is 0.00661. The van der Waals surface area contributed by atoms with Crippen molar-refractivity contribution in [1.82, 2.24) is 15.2 Å². The number of benzene rings is 1. The smallest absolute Gasteiger partial charge is 0.226 e. The van der Waals surface area contributed by atoms with Crippen molar-refractivity contribution in [2.45, 2.75) is 6.42 Å². The number of amides is 1. The Bertz CT molecular complexity index is 612. The molecule has 0 aliphatic heterocycles. The lowest BCUT2D eigenvalue weighted by atomic mass is 10.2. The molecule has 0 saturated heterocycles. The molecule has 1 N–H and O–H groups in total. The van der Waals surface area contributed by atoms with Crippen molar-refractivity contribution in [2.75, 3.05) is 27.2 Å². The summed E-state index contributed by atoms with van der Waals surface area (Å²) in [7, 11) is 3.95. The van der Waals surface area contributed by atoms with Crippen molar-refractivity contribution in [3.8, 4) is 10.6 Å². The van der Waals surface area contributed by atoms with Gasteiger partial charge in [0.15, 0.2) is 0 Å². The van der Waals surface area contributed by atoms with E-state index in [2.05, 4.69) is 10.3 Å². The maximum atomic E-state index is 11.8. The molecule has 0 radical (unpaired) electrons. The van der Waals surface area contributed by atoms with E-state index in [4.69, 9.17) is 11.6 Å². The van der Waals surface area contributed by atoms with Crippen LogP contribution in [0, 0.1) is 0 Å². The largest absolute Gasteiger partial charge is 0.354 e. The van der Waals surface area contributed by atoms with Crippen LogP contribution in [0.1, 0.15) is 5.69 Å². The summed E-state index contributed by atoms with van der Waals surface area (Å²) < 4.78 is 0. The van der Waals surface area contributed by atoms with Crippen LogP contribution in [0.25, 0.3) is 10.6 Å². The van der Waals surface area contributed by atoms with Gasteiger partial charge in [0.05, 0.1) is 17.1 Å². The lowest BCUT2D eigenvalue weighted by Crippen LogP contribution is -2.32. The normalized spacial score (nSPS) is 10.9. The molecule has 1 aromatic heterocycles. The van der Waals surface area contributed by atoms with Gasteiger partial charge < -0.3 is 10.2 Å². The second kappa shape index (κ2) is 7.54. The summed E-state index contributed by atoms with van der Waals surface area (Å²) in [6, 6.07) is 7.59. The highest BCUT2D eigenvalue weighted by Crippen LogP contribution is 2.30. The van der Waals surface area contributed by atoms with Gasteiger partial charge >= 0.3 is 0 Å². The van der Waals surface area contributed by atoms with Gasteiger partial charge in [0, 0.05) is 24.0 Å². The highest BCUT2D eigenvalue weighted by atomic mass is 35.5. The summed E-state index contributed by atoms with van der Waals surface area (Å²) in [6.45, 7) is 1.47. The minimum Gasteiger partial charge on any atom is -0.354 e. The summed E-state index contributed by atoms with van der Waals surface area (Å²) >= 11 is 7.66. The number of thiazole rings is 1. The second-order valence-corrected chi connectivity index (χ2v) is 6.22. The number of hydrogen-bond donors (Lipinski definition) is 1. The van der Waals surface area contributed by atoms with Gasteiger partial charge in [-0.1, -0.05) is 29.8 Å². The van der Waals surface area contributed by atoms with Gasteiger partial charge in [0.2, 0.25) is 5.91 Å². The minimum atomic E-state index is -0.00661. The van der Waals surface area contributed by atoms with Crippen molar-refractivity contribution in [3.05, 3.63) is 40.4 Å². The summed E-state index contributed by atoms with van der Waals surface area (Å²) in [6.07, 6.45) is 0.300. The third kappa shape index (κ3) is 4.81. The predicted octanol–water partition coefficient (Wildman–Crippen LogP) is 2.68. The molecule has 2 rings (SSSR count). The molecule has 1 amide bonds. The van der Waals surface area contributed by atoms with Crippen LogP contribution >= 0.6 is 22.9 Å². The van der Waals surface area contributed by atoms with Crippen LogP contribution in [0.5, 0.6) is 0 Å². The Balaban J connectivity index is 1.94. The van der Waals surface area contributed by atoms with Gasteiger partial charge in [-0.3, -0.25) is 4.79 Å². The number of carbonyl (C=O) groups excluding carboxylic acids is 1. The van der Waals surface area contributed by atoms with E-state index in [0.29, 0.717) is 18.0 Å². The van der Waals surface area contributed by atoms with Crippen LogP contribution in [-0.2, 0) is 11.2 Å². The molecular formula is C15H18ClN3OS. The zero-order valence-corrected chi connectivity index (χ0v) is 13.7. The third-order valence-corrected chi connectivity index (χ3v) is 4.13. The van der Waals surface area contributed by atoms with Crippen LogP contribution in [0.3, 0.4) is 0 Å². The standard InChI is InChI=1S/C15H18ClN3OS/c1-19(2)8-7-17-14(20)9-11-10-21-15(18-11)12-5-3-4-6-13(12)16/h3-6,10H,7-9H2,1-2H3,(H,17,20). The maximum Gasteiger partial charge on any atom is 0.226 e. The molecule has 0 atom stereocenters. The number of carbonyl (C=O) groups is 1. The van der Waals surface area contributed by atoms with Gasteiger partial charge in [-0.15, -0.1) is 11.3 Å². The maximum absolute atomic E-state index is 11.8. The zero-order chi connectivity index (χ0) is 15.2. The Hall–Kier alpha value is -1.43. The lowest BCUT2D eigenvalue weighted by molar-refractivity contribution is -0.120. The zero-order valence-electron chi connectivity index (χ0n) is 12.1. The van der Waals surface area contributed by atoms with Crippen molar-refractivity contribution < 1.29 is 4.79 Å². The van der Waals surface area contributed by atoms with Gasteiger partial charge in [-0.2, -0.15) is 0 Å². The quantitative estimate of drug-likeness (QED) is 0.889. The molecule has 21 heavy (non-hydrogen) atoms. The summed E-state index contributed by atoms with van der Waals surface area (Å²) in [5, 5.41) is 6.31. The Kier molecular flexibility index (Phi) is 5.73. The van der Waals surface area contributed by atoms with Crippen LogP contribution in [0.4, 0.5) is 0 Å². The number of halogens is 1. The number of aromatic nitrogens is 1. The van der Waals surface area contributed by atoms with Crippen molar-refractivity contribution in [3.63, 3.8) is 0 Å². The molecule has 2 aromatic rings. The van der Waals surface area contributed by atoms with E-state index in [1.807, 2.05) is 48.6 Å². The Morgan fingerprint density at radius 1 is 1.38 bits per heavy atom. The average molecular weight is 324 g/mol. The Morgan fingerprint density at radius 3 is 2.86 bits per heavy atom. The first-order valence-electron chi connectivity index (χ1n) is 6.67. The van der Waals surface area contributed by atoms with Gasteiger partial charge in [0.1, 0.15) is 5.01 Å². The van der Waals surface area contributed by atoms with Gasteiger partial charge in [-0.25, -0.2) is 4.98 Å². The van der Waals surface area contributed by atoms with Crippen molar-refractivity contribution >= 4 is 28.8 Å². The van der Waals surface area contributed by atoms with Crippen molar-refractivity contribution in [2.24, 2.45) is 0 Å². The fourth-order valence-corrected chi connectivity index (χ4v) is 2.93. The first-order chi connectivity index (χ1) is 10.1. The van der Waals surface area contributed by atoms with Crippen LogP contribution < -0.4 is 5.32 Å². The van der Waals surface area contributed by atoms with Gasteiger partial charge in [0.25, 0.3) is 0 Å². The van der Waals surface area contributed by atoms with Crippen LogP contribution in [0.15, 0.2) is 29.6 Å². The number of nitrogens with one attached hydrogen (secondary N) is 1. The first kappa shape index (κ1) is 15.9. The molecule has 0 aliphatic carbocycles. The van der Waals surface area contributed by atoms with E-state index in [-0.39, 0.29) is 5.91 Å². The lowest BCUT2D eigenvalue weighted by Gasteiger charge is -2.09. The summed E-state index contributed by atoms with van der Waals surface area (Å²) in [5.41, 5.74) is 1.68. The van der Waals surface area contributed by atoms with E-state index in [0.717, 1.165) is 22.8 Å². The monoisotopic (exact) mass is 323 g/mol. The van der Waals surface area contributed by atoms with Crippen LogP contribution in [-0.4, -0.2) is 43.0 Å². The molecular weight excluding hydrogens is 306 g/mol. The van der Waals surface area contributed by atoms with E-state index in [1.165, 1.54) is 11.3 Å². The highest BCUT2D eigenvalue weighted by molar-refractivity contribution is 7.13. The highest BCUT2D eigenvalue weighted by Gasteiger charge is 2.10. The molecule has 4 nitrogen and oxygen atoms in total. The van der Waals surface area contributed by atoms with Gasteiger partial charge in [-0.05, 0) is 20.2 Å². The molecule has 112 valence electrons. The van der Waals surface area contributed by atoms with E-state index in [1.54, 1.807) is 0 Å².